The van der Waals surface area contributed by atoms with Crippen LogP contribution in [0, 0.1) is 5.41 Å². The minimum absolute atomic E-state index is 0.224. The largest absolute Gasteiger partial charge is 0.444 e. The Morgan fingerprint density at radius 2 is 2.03 bits per heavy atom. The van der Waals surface area contributed by atoms with Crippen LogP contribution in [0.4, 0.5) is 10.5 Å². The van der Waals surface area contributed by atoms with Gasteiger partial charge in [0.15, 0.2) is 0 Å². The highest BCUT2D eigenvalue weighted by molar-refractivity contribution is 7.12. The topological polar surface area (TPSA) is 81.2 Å². The van der Waals surface area contributed by atoms with Gasteiger partial charge in [0.1, 0.15) is 11.4 Å². The molecule has 0 spiro atoms. The Morgan fingerprint density at radius 3 is 2.70 bits per heavy atom. The molecule has 3 aromatic rings. The SMILES string of the molecule is CC(C)(C)OC(=O)N1CCC(c2c[nH]c3ccc(NC(=N)c4cccs4)cc23)CC1. The van der Waals surface area contributed by atoms with Gasteiger partial charge in [-0.2, -0.15) is 0 Å². The number of nitrogens with zero attached hydrogens (tertiary/aromatic N) is 1. The molecule has 1 saturated heterocycles. The molecule has 0 saturated carbocycles. The molecule has 0 atom stereocenters. The number of amides is 1. The molecule has 0 aliphatic carbocycles. The number of H-pyrrole nitrogens is 1. The molecule has 1 aliphatic heterocycles. The molecule has 1 aliphatic rings. The second-order valence-electron chi connectivity index (χ2n) is 8.72. The van der Waals surface area contributed by atoms with Crippen LogP contribution in [0.2, 0.25) is 0 Å². The van der Waals surface area contributed by atoms with Gasteiger partial charge < -0.3 is 19.9 Å². The van der Waals surface area contributed by atoms with E-state index in [9.17, 15) is 4.79 Å². The molecule has 1 amide bonds. The number of likely N-dealkylation sites (tertiary alicyclic amines) is 1. The number of aromatic amines is 1. The summed E-state index contributed by atoms with van der Waals surface area (Å²) >= 11 is 1.55. The van der Waals surface area contributed by atoms with Crippen molar-refractivity contribution in [2.45, 2.75) is 45.1 Å². The smallest absolute Gasteiger partial charge is 0.410 e. The lowest BCUT2D eigenvalue weighted by Gasteiger charge is -2.33. The van der Waals surface area contributed by atoms with Gasteiger partial charge in [0.2, 0.25) is 0 Å². The third-order valence-corrected chi connectivity index (χ3v) is 6.22. The van der Waals surface area contributed by atoms with Crippen molar-refractivity contribution in [2.24, 2.45) is 0 Å². The average Bonchev–Trinajstić information content (AvgIpc) is 3.37. The monoisotopic (exact) mass is 424 g/mol. The molecule has 1 aromatic carbocycles. The van der Waals surface area contributed by atoms with Gasteiger partial charge in [-0.1, -0.05) is 6.07 Å². The average molecular weight is 425 g/mol. The van der Waals surface area contributed by atoms with Gasteiger partial charge in [0, 0.05) is 35.9 Å². The Labute approximate surface area is 180 Å². The summed E-state index contributed by atoms with van der Waals surface area (Å²) in [6.45, 7) is 7.09. The van der Waals surface area contributed by atoms with E-state index in [1.54, 1.807) is 11.3 Å². The summed E-state index contributed by atoms with van der Waals surface area (Å²) in [4.78, 5) is 18.4. The van der Waals surface area contributed by atoms with E-state index in [1.807, 2.05) is 49.3 Å². The van der Waals surface area contributed by atoms with E-state index in [4.69, 9.17) is 10.1 Å². The fourth-order valence-corrected chi connectivity index (χ4v) is 4.51. The molecule has 3 N–H and O–H groups in total. The Morgan fingerprint density at radius 1 is 1.27 bits per heavy atom. The van der Waals surface area contributed by atoms with Crippen molar-refractivity contribution >= 4 is 39.9 Å². The first-order chi connectivity index (χ1) is 14.3. The van der Waals surface area contributed by atoms with Crippen LogP contribution in [0.25, 0.3) is 10.9 Å². The predicted octanol–water partition coefficient (Wildman–Crippen LogP) is 5.78. The summed E-state index contributed by atoms with van der Waals surface area (Å²) in [6.07, 6.45) is 3.69. The number of ether oxygens (including phenoxy) is 1. The standard InChI is InChI=1S/C23H28N4O2S/c1-23(2,3)29-22(28)27-10-8-15(9-11-27)18-14-25-19-7-6-16(13-17(18)19)26-21(24)20-5-4-12-30-20/h4-7,12-15,25H,8-11H2,1-3H3,(H2,24,26). The minimum Gasteiger partial charge on any atom is -0.444 e. The fourth-order valence-electron chi connectivity index (χ4n) is 3.88. The number of aromatic nitrogens is 1. The number of anilines is 1. The molecule has 0 bridgehead atoms. The molecular formula is C23H28N4O2S. The summed E-state index contributed by atoms with van der Waals surface area (Å²) in [5, 5.41) is 14.6. The highest BCUT2D eigenvalue weighted by Crippen LogP contribution is 2.34. The van der Waals surface area contributed by atoms with Crippen molar-refractivity contribution in [1.29, 1.82) is 5.41 Å². The maximum Gasteiger partial charge on any atom is 0.410 e. The minimum atomic E-state index is -0.467. The van der Waals surface area contributed by atoms with Crippen LogP contribution in [0.3, 0.4) is 0 Å². The van der Waals surface area contributed by atoms with Crippen molar-refractivity contribution in [3.63, 3.8) is 0 Å². The van der Waals surface area contributed by atoms with E-state index in [2.05, 4.69) is 28.6 Å². The molecule has 0 radical (unpaired) electrons. The number of amidine groups is 1. The molecule has 1 fully saturated rings. The van der Waals surface area contributed by atoms with Crippen molar-refractivity contribution in [1.82, 2.24) is 9.88 Å². The third-order valence-electron chi connectivity index (χ3n) is 5.34. The fraction of sp³-hybridized carbons (Fsp3) is 0.391. The molecular weight excluding hydrogens is 396 g/mol. The number of hydrogen-bond donors (Lipinski definition) is 3. The van der Waals surface area contributed by atoms with Gasteiger partial charge in [-0.3, -0.25) is 5.41 Å². The number of nitrogens with one attached hydrogen (secondary N) is 3. The summed E-state index contributed by atoms with van der Waals surface area (Å²) in [6, 6.07) is 10.1. The number of carbonyl (C=O) groups is 1. The highest BCUT2D eigenvalue weighted by Gasteiger charge is 2.28. The van der Waals surface area contributed by atoms with Crippen LogP contribution in [0.1, 0.15) is 50.0 Å². The van der Waals surface area contributed by atoms with Crippen molar-refractivity contribution in [2.75, 3.05) is 18.4 Å². The Bertz CT molecular complexity index is 1040. The molecule has 2 aromatic heterocycles. The van der Waals surface area contributed by atoms with E-state index in [-0.39, 0.29) is 6.09 Å². The zero-order valence-corrected chi connectivity index (χ0v) is 18.4. The van der Waals surface area contributed by atoms with E-state index in [0.29, 0.717) is 24.8 Å². The quantitative estimate of drug-likeness (QED) is 0.368. The van der Waals surface area contributed by atoms with Crippen molar-refractivity contribution in [3.8, 4) is 0 Å². The van der Waals surface area contributed by atoms with Gasteiger partial charge in [-0.15, -0.1) is 11.3 Å². The molecule has 30 heavy (non-hydrogen) atoms. The number of fused-ring (bicyclic) bond motifs is 1. The second-order valence-corrected chi connectivity index (χ2v) is 9.67. The number of benzene rings is 1. The molecule has 0 unspecified atom stereocenters. The lowest BCUT2D eigenvalue weighted by molar-refractivity contribution is 0.0205. The Hall–Kier alpha value is -2.80. The number of carbonyl (C=O) groups excluding carboxylic acids is 1. The van der Waals surface area contributed by atoms with Crippen molar-refractivity contribution in [3.05, 3.63) is 52.3 Å². The van der Waals surface area contributed by atoms with Gasteiger partial charge in [0.05, 0.1) is 4.88 Å². The maximum absolute atomic E-state index is 12.3. The lowest BCUT2D eigenvalue weighted by Crippen LogP contribution is -2.41. The molecule has 3 heterocycles. The normalized spacial score (nSPS) is 15.4. The van der Waals surface area contributed by atoms with Crippen LogP contribution in [-0.4, -0.2) is 40.5 Å². The summed E-state index contributed by atoms with van der Waals surface area (Å²) in [7, 11) is 0. The zero-order valence-electron chi connectivity index (χ0n) is 17.6. The van der Waals surface area contributed by atoms with Gasteiger partial charge >= 0.3 is 6.09 Å². The molecule has 158 valence electrons. The number of piperidine rings is 1. The van der Waals surface area contributed by atoms with Gasteiger partial charge in [0.25, 0.3) is 0 Å². The third kappa shape index (κ3) is 4.51. The second kappa shape index (κ2) is 8.14. The first kappa shape index (κ1) is 20.5. The first-order valence-corrected chi connectivity index (χ1v) is 11.2. The molecule has 4 rings (SSSR count). The van der Waals surface area contributed by atoms with Gasteiger partial charge in [-0.05, 0) is 74.7 Å². The Balaban J connectivity index is 1.46. The van der Waals surface area contributed by atoms with E-state index in [0.717, 1.165) is 28.9 Å². The van der Waals surface area contributed by atoms with Crippen LogP contribution in [-0.2, 0) is 4.74 Å². The van der Waals surface area contributed by atoms with Crippen LogP contribution >= 0.6 is 11.3 Å². The van der Waals surface area contributed by atoms with Crippen LogP contribution in [0.15, 0.2) is 41.9 Å². The van der Waals surface area contributed by atoms with E-state index >= 15 is 0 Å². The van der Waals surface area contributed by atoms with E-state index < -0.39 is 5.60 Å². The molecule has 6 nitrogen and oxygen atoms in total. The number of hydrogen-bond acceptors (Lipinski definition) is 4. The maximum atomic E-state index is 12.3. The lowest BCUT2D eigenvalue weighted by atomic mass is 9.89. The predicted molar refractivity (Wildman–Crippen MR) is 123 cm³/mol. The van der Waals surface area contributed by atoms with E-state index in [1.165, 1.54) is 10.9 Å². The zero-order chi connectivity index (χ0) is 21.3. The first-order valence-electron chi connectivity index (χ1n) is 10.3. The van der Waals surface area contributed by atoms with Crippen molar-refractivity contribution < 1.29 is 9.53 Å². The highest BCUT2D eigenvalue weighted by atomic mass is 32.1. The molecule has 7 heteroatoms. The summed E-state index contributed by atoms with van der Waals surface area (Å²) < 4.78 is 5.51. The number of thiophene rings is 1. The summed E-state index contributed by atoms with van der Waals surface area (Å²) in [5.41, 5.74) is 2.81. The van der Waals surface area contributed by atoms with Gasteiger partial charge in [-0.25, -0.2) is 4.79 Å². The van der Waals surface area contributed by atoms with Crippen LogP contribution < -0.4 is 5.32 Å². The Kier molecular flexibility index (Phi) is 5.56. The van der Waals surface area contributed by atoms with Crippen LogP contribution in [0.5, 0.6) is 0 Å². The number of rotatable bonds is 3. The summed E-state index contributed by atoms with van der Waals surface area (Å²) in [5.74, 6) is 0.802.